The first-order valence-electron chi connectivity index (χ1n) is 9.27. The quantitative estimate of drug-likeness (QED) is 0.853. The van der Waals surface area contributed by atoms with Gasteiger partial charge in [0.05, 0.1) is 24.2 Å². The Bertz CT molecular complexity index is 870. The lowest BCUT2D eigenvalue weighted by Crippen LogP contribution is -2.56. The van der Waals surface area contributed by atoms with E-state index in [1.54, 1.807) is 24.3 Å². The van der Waals surface area contributed by atoms with E-state index in [0.29, 0.717) is 11.7 Å². The number of hydrogen-bond acceptors (Lipinski definition) is 5. The molecule has 6 nitrogen and oxygen atoms in total. The number of anilines is 2. The lowest BCUT2D eigenvalue weighted by molar-refractivity contribution is -0.0660. The second-order valence-corrected chi connectivity index (χ2v) is 8.86. The van der Waals surface area contributed by atoms with Gasteiger partial charge in [-0.3, -0.25) is 9.62 Å². The third-order valence-corrected chi connectivity index (χ3v) is 6.66. The highest BCUT2D eigenvalue weighted by Gasteiger charge is 2.28. The van der Waals surface area contributed by atoms with Crippen molar-refractivity contribution in [3.63, 3.8) is 0 Å². The molecule has 7 heteroatoms. The molecule has 2 aliphatic rings. The molecule has 0 aromatic heterocycles. The third kappa shape index (κ3) is 4.10. The van der Waals surface area contributed by atoms with Crippen molar-refractivity contribution in [1.82, 2.24) is 4.90 Å². The van der Waals surface area contributed by atoms with E-state index < -0.39 is 10.0 Å². The molecule has 2 heterocycles. The van der Waals surface area contributed by atoms with E-state index in [9.17, 15) is 8.42 Å². The van der Waals surface area contributed by atoms with Crippen LogP contribution < -0.4 is 9.62 Å². The van der Waals surface area contributed by atoms with Gasteiger partial charge in [-0.05, 0) is 43.3 Å². The fourth-order valence-electron chi connectivity index (χ4n) is 3.45. The van der Waals surface area contributed by atoms with Crippen LogP contribution in [0.2, 0.25) is 0 Å². The monoisotopic (exact) mass is 387 g/mol. The Labute approximate surface area is 160 Å². The Morgan fingerprint density at radius 1 is 0.926 bits per heavy atom. The minimum absolute atomic E-state index is 0.272. The van der Waals surface area contributed by atoms with Crippen molar-refractivity contribution in [2.45, 2.75) is 17.9 Å². The molecule has 2 aromatic carbocycles. The predicted octanol–water partition coefficient (Wildman–Crippen LogP) is 2.32. The molecule has 0 bridgehead atoms. The highest BCUT2D eigenvalue weighted by atomic mass is 32.2. The zero-order valence-corrected chi connectivity index (χ0v) is 16.3. The topological polar surface area (TPSA) is 61.9 Å². The lowest BCUT2D eigenvalue weighted by atomic mass is 10.1. The number of aryl methyl sites for hydroxylation is 1. The van der Waals surface area contributed by atoms with Crippen LogP contribution in [0.5, 0.6) is 0 Å². The van der Waals surface area contributed by atoms with Crippen LogP contribution in [0.15, 0.2) is 53.4 Å². The molecule has 0 saturated carbocycles. The van der Waals surface area contributed by atoms with E-state index >= 15 is 0 Å². The van der Waals surface area contributed by atoms with Crippen molar-refractivity contribution >= 4 is 21.4 Å². The number of rotatable bonds is 5. The third-order valence-electron chi connectivity index (χ3n) is 5.27. The number of nitrogens with zero attached hydrogens (tertiary/aromatic N) is 2. The van der Waals surface area contributed by atoms with Gasteiger partial charge in [0.2, 0.25) is 0 Å². The standard InChI is InChI=1S/C20H25N3O3S/c1-16-2-8-20(9-3-16)27(24,25)21-17-4-6-18(7-5-17)22-10-12-23(13-11-22)19-14-26-15-19/h2-9,19,21H,10-15H2,1H3. The maximum atomic E-state index is 12.5. The van der Waals surface area contributed by atoms with Gasteiger partial charge >= 0.3 is 0 Å². The minimum atomic E-state index is -3.56. The number of sulfonamides is 1. The molecule has 0 aliphatic carbocycles. The smallest absolute Gasteiger partial charge is 0.261 e. The van der Waals surface area contributed by atoms with Crippen molar-refractivity contribution < 1.29 is 13.2 Å². The van der Waals surface area contributed by atoms with Gasteiger partial charge in [0.15, 0.2) is 0 Å². The molecular formula is C20H25N3O3S. The van der Waals surface area contributed by atoms with Gasteiger partial charge in [-0.15, -0.1) is 0 Å². The lowest BCUT2D eigenvalue weighted by Gasteiger charge is -2.43. The van der Waals surface area contributed by atoms with Gasteiger partial charge in [0, 0.05) is 37.6 Å². The fourth-order valence-corrected chi connectivity index (χ4v) is 4.51. The summed E-state index contributed by atoms with van der Waals surface area (Å²) in [4.78, 5) is 5.10. The van der Waals surface area contributed by atoms with Crippen molar-refractivity contribution in [2.24, 2.45) is 0 Å². The Balaban J connectivity index is 1.38. The van der Waals surface area contributed by atoms with Crippen LogP contribution in [0.1, 0.15) is 5.56 Å². The number of hydrogen-bond donors (Lipinski definition) is 1. The summed E-state index contributed by atoms with van der Waals surface area (Å²) >= 11 is 0. The summed E-state index contributed by atoms with van der Waals surface area (Å²) in [6, 6.07) is 15.0. The van der Waals surface area contributed by atoms with E-state index in [4.69, 9.17) is 4.74 Å². The van der Waals surface area contributed by atoms with Gasteiger partial charge in [0.1, 0.15) is 0 Å². The van der Waals surface area contributed by atoms with Crippen molar-refractivity contribution in [3.8, 4) is 0 Å². The molecule has 0 radical (unpaired) electrons. The predicted molar refractivity (Wildman–Crippen MR) is 107 cm³/mol. The Kier molecular flexibility index (Phi) is 5.08. The molecular weight excluding hydrogens is 362 g/mol. The normalized spacial score (nSPS) is 18.9. The summed E-state index contributed by atoms with van der Waals surface area (Å²) in [6.45, 7) is 7.68. The zero-order chi connectivity index (χ0) is 18.9. The van der Waals surface area contributed by atoms with Gasteiger partial charge in [0.25, 0.3) is 10.0 Å². The van der Waals surface area contributed by atoms with E-state index in [2.05, 4.69) is 14.5 Å². The van der Waals surface area contributed by atoms with Crippen LogP contribution in [0, 0.1) is 6.92 Å². The number of piperazine rings is 1. The first-order valence-corrected chi connectivity index (χ1v) is 10.8. The van der Waals surface area contributed by atoms with Crippen LogP contribution in [0.25, 0.3) is 0 Å². The minimum Gasteiger partial charge on any atom is -0.378 e. The molecule has 144 valence electrons. The molecule has 2 fully saturated rings. The van der Waals surface area contributed by atoms with Crippen LogP contribution in [-0.2, 0) is 14.8 Å². The molecule has 2 aliphatic heterocycles. The molecule has 0 spiro atoms. The largest absolute Gasteiger partial charge is 0.378 e. The summed E-state index contributed by atoms with van der Waals surface area (Å²) in [5, 5.41) is 0. The summed E-state index contributed by atoms with van der Waals surface area (Å²) in [7, 11) is -3.56. The first-order chi connectivity index (χ1) is 13.0. The fraction of sp³-hybridized carbons (Fsp3) is 0.400. The van der Waals surface area contributed by atoms with Crippen molar-refractivity contribution in [2.75, 3.05) is 49.0 Å². The molecule has 0 atom stereocenters. The van der Waals surface area contributed by atoms with Crippen molar-refractivity contribution in [3.05, 3.63) is 54.1 Å². The first kappa shape index (κ1) is 18.3. The highest BCUT2D eigenvalue weighted by Crippen LogP contribution is 2.23. The molecule has 1 N–H and O–H groups in total. The average Bonchev–Trinajstić information content (AvgIpc) is 2.62. The van der Waals surface area contributed by atoms with Gasteiger partial charge in [-0.2, -0.15) is 0 Å². The zero-order valence-electron chi connectivity index (χ0n) is 15.5. The summed E-state index contributed by atoms with van der Waals surface area (Å²) in [5.74, 6) is 0. The second kappa shape index (κ2) is 7.50. The van der Waals surface area contributed by atoms with Crippen LogP contribution in [0.4, 0.5) is 11.4 Å². The molecule has 4 rings (SSSR count). The van der Waals surface area contributed by atoms with E-state index in [0.717, 1.165) is 50.6 Å². The van der Waals surface area contributed by atoms with Gasteiger partial charge < -0.3 is 9.64 Å². The number of nitrogens with one attached hydrogen (secondary N) is 1. The van der Waals surface area contributed by atoms with Crippen LogP contribution >= 0.6 is 0 Å². The van der Waals surface area contributed by atoms with Crippen LogP contribution in [-0.4, -0.2) is 58.8 Å². The summed E-state index contributed by atoms with van der Waals surface area (Å²) in [6.07, 6.45) is 0. The van der Waals surface area contributed by atoms with Gasteiger partial charge in [-0.25, -0.2) is 8.42 Å². The van der Waals surface area contributed by atoms with E-state index in [1.807, 2.05) is 31.2 Å². The molecule has 2 saturated heterocycles. The maximum Gasteiger partial charge on any atom is 0.261 e. The number of benzene rings is 2. The van der Waals surface area contributed by atoms with Gasteiger partial charge in [-0.1, -0.05) is 17.7 Å². The molecule has 2 aromatic rings. The Morgan fingerprint density at radius 3 is 2.11 bits per heavy atom. The maximum absolute atomic E-state index is 12.5. The second-order valence-electron chi connectivity index (χ2n) is 7.18. The Morgan fingerprint density at radius 2 is 1.56 bits per heavy atom. The number of ether oxygens (including phenoxy) is 1. The van der Waals surface area contributed by atoms with Crippen molar-refractivity contribution in [1.29, 1.82) is 0 Å². The van der Waals surface area contributed by atoms with Crippen LogP contribution in [0.3, 0.4) is 0 Å². The highest BCUT2D eigenvalue weighted by molar-refractivity contribution is 7.92. The average molecular weight is 388 g/mol. The molecule has 0 unspecified atom stereocenters. The summed E-state index contributed by atoms with van der Waals surface area (Å²) < 4.78 is 32.9. The van der Waals surface area contributed by atoms with E-state index in [-0.39, 0.29) is 4.90 Å². The Hall–Kier alpha value is -2.09. The van der Waals surface area contributed by atoms with E-state index in [1.165, 1.54) is 0 Å². The molecule has 27 heavy (non-hydrogen) atoms. The molecule has 0 amide bonds. The SMILES string of the molecule is Cc1ccc(S(=O)(=O)Nc2ccc(N3CCN(C4COC4)CC3)cc2)cc1. The summed E-state index contributed by atoms with van der Waals surface area (Å²) in [5.41, 5.74) is 2.73.